The van der Waals surface area contributed by atoms with E-state index in [1.165, 1.54) is 77.0 Å². The molecule has 106 valence electrons. The Balaban J connectivity index is 3.10. The van der Waals surface area contributed by atoms with Gasteiger partial charge in [0.15, 0.2) is 0 Å². The summed E-state index contributed by atoms with van der Waals surface area (Å²) in [6.45, 7) is 4.53. The fourth-order valence-electron chi connectivity index (χ4n) is 2.02. The van der Waals surface area contributed by atoms with Crippen molar-refractivity contribution >= 4 is 0 Å². The smallest absolute Gasteiger partial charge is 0.0351 e. The maximum absolute atomic E-state index is 2.38. The molecule has 0 amide bonds. The van der Waals surface area contributed by atoms with E-state index in [1.807, 2.05) is 0 Å². The Kier molecular flexibility index (Phi) is 16.0. The Hall–Kier alpha value is -0.520. The molecule has 0 bridgehead atoms. The Morgan fingerprint density at radius 2 is 0.722 bits per heavy atom. The normalized spacial score (nSPS) is 11.9. The third-order valence-corrected chi connectivity index (χ3v) is 3.27. The first-order valence-corrected chi connectivity index (χ1v) is 8.21. The minimum atomic E-state index is 1.27. The zero-order valence-electron chi connectivity index (χ0n) is 12.8. The van der Waals surface area contributed by atoms with Crippen LogP contribution >= 0.6 is 0 Å². The van der Waals surface area contributed by atoms with Gasteiger partial charge in [-0.25, -0.2) is 0 Å². The monoisotopic (exact) mass is 250 g/mol. The molecule has 0 heteroatoms. The first-order valence-electron chi connectivity index (χ1n) is 8.21. The largest absolute Gasteiger partial charge is 0.0885 e. The van der Waals surface area contributed by atoms with Gasteiger partial charge in [0.2, 0.25) is 0 Å². The van der Waals surface area contributed by atoms with Crippen molar-refractivity contribution < 1.29 is 0 Å². The Morgan fingerprint density at radius 3 is 1.00 bits per heavy atom. The maximum atomic E-state index is 2.38. The molecule has 18 heavy (non-hydrogen) atoms. The van der Waals surface area contributed by atoms with Crippen molar-refractivity contribution in [2.75, 3.05) is 0 Å². The number of hydrogen-bond acceptors (Lipinski definition) is 0. The van der Waals surface area contributed by atoms with Crippen LogP contribution in [0.4, 0.5) is 0 Å². The van der Waals surface area contributed by atoms with Crippen LogP contribution < -0.4 is 0 Å². The molecule has 0 spiro atoms. The molecule has 0 N–H and O–H groups in total. The minimum absolute atomic E-state index is 1.27. The quantitative estimate of drug-likeness (QED) is 0.248. The first kappa shape index (κ1) is 17.5. The fourth-order valence-corrected chi connectivity index (χ4v) is 2.02. The van der Waals surface area contributed by atoms with Crippen molar-refractivity contribution in [2.24, 2.45) is 0 Å². The van der Waals surface area contributed by atoms with Gasteiger partial charge in [0.1, 0.15) is 0 Å². The van der Waals surface area contributed by atoms with E-state index in [4.69, 9.17) is 0 Å². The molecule has 0 radical (unpaired) electrons. The van der Waals surface area contributed by atoms with Crippen molar-refractivity contribution in [3.05, 3.63) is 24.3 Å². The van der Waals surface area contributed by atoms with Crippen LogP contribution in [0.1, 0.15) is 90.9 Å². The standard InChI is InChI=1S/C18H34/c1-3-5-7-9-11-13-15-17-18-16-14-12-10-8-6-4-2/h11-14H,3-10,15-18H2,1-2H3. The molecule has 0 atom stereocenters. The van der Waals surface area contributed by atoms with Gasteiger partial charge in [0.25, 0.3) is 0 Å². The van der Waals surface area contributed by atoms with E-state index in [9.17, 15) is 0 Å². The zero-order valence-corrected chi connectivity index (χ0v) is 12.8. The minimum Gasteiger partial charge on any atom is -0.0885 e. The Bertz CT molecular complexity index is 166. The first-order chi connectivity index (χ1) is 8.91. The van der Waals surface area contributed by atoms with Crippen LogP contribution in [0.15, 0.2) is 24.3 Å². The molecule has 0 fully saturated rings. The molecule has 0 aliphatic heterocycles. The second kappa shape index (κ2) is 16.5. The lowest BCUT2D eigenvalue weighted by molar-refractivity contribution is 0.719. The highest BCUT2D eigenvalue weighted by molar-refractivity contribution is 4.83. The average molecular weight is 250 g/mol. The molecule has 0 unspecified atom stereocenters. The van der Waals surface area contributed by atoms with E-state index in [0.717, 1.165) is 0 Å². The Morgan fingerprint density at radius 1 is 0.444 bits per heavy atom. The van der Waals surface area contributed by atoms with E-state index < -0.39 is 0 Å². The molecule has 0 saturated heterocycles. The van der Waals surface area contributed by atoms with Crippen LogP contribution in [0.2, 0.25) is 0 Å². The van der Waals surface area contributed by atoms with Crippen LogP contribution in [0, 0.1) is 0 Å². The lowest BCUT2D eigenvalue weighted by Gasteiger charge is -1.95. The summed E-state index contributed by atoms with van der Waals surface area (Å²) in [5.74, 6) is 0. The number of allylic oxidation sites excluding steroid dienone is 4. The van der Waals surface area contributed by atoms with E-state index in [1.54, 1.807) is 0 Å². The second-order valence-electron chi connectivity index (χ2n) is 5.22. The molecular formula is C18H34. The van der Waals surface area contributed by atoms with Gasteiger partial charge in [-0.2, -0.15) is 0 Å². The average Bonchev–Trinajstić information content (AvgIpc) is 2.39. The molecule has 0 aliphatic carbocycles. The third kappa shape index (κ3) is 15.5. The highest BCUT2D eigenvalue weighted by Crippen LogP contribution is 2.05. The summed E-state index contributed by atoms with van der Waals surface area (Å²) < 4.78 is 0. The molecule has 0 aromatic carbocycles. The zero-order chi connectivity index (χ0) is 13.3. The van der Waals surface area contributed by atoms with Gasteiger partial charge in [-0.3, -0.25) is 0 Å². The highest BCUT2D eigenvalue weighted by atomic mass is 13.9. The van der Waals surface area contributed by atoms with Gasteiger partial charge in [0.05, 0.1) is 0 Å². The summed E-state index contributed by atoms with van der Waals surface area (Å²) in [6.07, 6.45) is 25.5. The summed E-state index contributed by atoms with van der Waals surface area (Å²) >= 11 is 0. The van der Waals surface area contributed by atoms with Crippen LogP contribution in [-0.2, 0) is 0 Å². The van der Waals surface area contributed by atoms with Gasteiger partial charge in [-0.1, -0.05) is 63.8 Å². The van der Waals surface area contributed by atoms with E-state index in [2.05, 4.69) is 38.2 Å². The molecule has 0 aliphatic rings. The fraction of sp³-hybridized carbons (Fsp3) is 0.778. The van der Waals surface area contributed by atoms with Crippen LogP contribution in [0.25, 0.3) is 0 Å². The van der Waals surface area contributed by atoms with Crippen molar-refractivity contribution in [2.45, 2.75) is 90.9 Å². The molecule has 0 aromatic heterocycles. The van der Waals surface area contributed by atoms with Crippen molar-refractivity contribution in [3.8, 4) is 0 Å². The molecular weight excluding hydrogens is 216 g/mol. The van der Waals surface area contributed by atoms with Gasteiger partial charge in [0, 0.05) is 0 Å². The molecule has 0 rings (SSSR count). The summed E-state index contributed by atoms with van der Waals surface area (Å²) in [5, 5.41) is 0. The van der Waals surface area contributed by atoms with E-state index in [-0.39, 0.29) is 0 Å². The van der Waals surface area contributed by atoms with Gasteiger partial charge in [-0.05, 0) is 51.4 Å². The van der Waals surface area contributed by atoms with Crippen molar-refractivity contribution in [1.82, 2.24) is 0 Å². The van der Waals surface area contributed by atoms with E-state index in [0.29, 0.717) is 0 Å². The molecule has 0 nitrogen and oxygen atoms in total. The van der Waals surface area contributed by atoms with Gasteiger partial charge in [-0.15, -0.1) is 0 Å². The van der Waals surface area contributed by atoms with Crippen LogP contribution in [-0.4, -0.2) is 0 Å². The predicted molar refractivity (Wildman–Crippen MR) is 85.0 cm³/mol. The summed E-state index contributed by atoms with van der Waals surface area (Å²) in [6, 6.07) is 0. The van der Waals surface area contributed by atoms with Crippen molar-refractivity contribution in [1.29, 1.82) is 0 Å². The SMILES string of the molecule is CCCCCC=CCCCCC=CCCCCC. The maximum Gasteiger partial charge on any atom is -0.0351 e. The summed E-state index contributed by atoms with van der Waals surface area (Å²) in [5.41, 5.74) is 0. The topological polar surface area (TPSA) is 0 Å². The highest BCUT2D eigenvalue weighted by Gasteiger charge is 1.85. The van der Waals surface area contributed by atoms with Crippen LogP contribution in [0.3, 0.4) is 0 Å². The number of hydrogen-bond donors (Lipinski definition) is 0. The lowest BCUT2D eigenvalue weighted by atomic mass is 10.1. The number of unbranched alkanes of at least 4 members (excludes halogenated alkanes) is 9. The Labute approximate surface area is 116 Å². The van der Waals surface area contributed by atoms with Crippen molar-refractivity contribution in [3.63, 3.8) is 0 Å². The summed E-state index contributed by atoms with van der Waals surface area (Å²) in [4.78, 5) is 0. The second-order valence-corrected chi connectivity index (χ2v) is 5.22. The molecule has 0 aromatic rings. The van der Waals surface area contributed by atoms with Crippen LogP contribution in [0.5, 0.6) is 0 Å². The third-order valence-electron chi connectivity index (χ3n) is 3.27. The van der Waals surface area contributed by atoms with Gasteiger partial charge < -0.3 is 0 Å². The lowest BCUT2D eigenvalue weighted by Crippen LogP contribution is -1.75. The van der Waals surface area contributed by atoms with Gasteiger partial charge >= 0.3 is 0 Å². The van der Waals surface area contributed by atoms with E-state index >= 15 is 0 Å². The summed E-state index contributed by atoms with van der Waals surface area (Å²) in [7, 11) is 0. The molecule has 0 heterocycles. The number of rotatable bonds is 13. The predicted octanol–water partition coefficient (Wildman–Crippen LogP) is 6.82. The molecule has 0 saturated carbocycles.